The highest BCUT2D eigenvalue weighted by atomic mass is 19.1. The molecule has 100 valence electrons. The van der Waals surface area contributed by atoms with Crippen molar-refractivity contribution in [2.45, 2.75) is 6.42 Å². The van der Waals surface area contributed by atoms with Crippen molar-refractivity contribution in [3.8, 4) is 0 Å². The van der Waals surface area contributed by atoms with Gasteiger partial charge in [-0.15, -0.1) is 0 Å². The van der Waals surface area contributed by atoms with Crippen molar-refractivity contribution >= 4 is 11.6 Å². The molecule has 0 saturated carbocycles. The van der Waals surface area contributed by atoms with Gasteiger partial charge in [0.15, 0.2) is 5.76 Å². The van der Waals surface area contributed by atoms with Crippen LogP contribution in [0.15, 0.2) is 47.1 Å². The molecule has 0 fully saturated rings. The van der Waals surface area contributed by atoms with Crippen molar-refractivity contribution in [2.75, 3.05) is 18.0 Å². The van der Waals surface area contributed by atoms with Gasteiger partial charge >= 0.3 is 0 Å². The molecule has 0 aliphatic carbocycles. The first-order valence-electron chi connectivity index (χ1n) is 6.04. The second kappa shape index (κ2) is 6.15. The Kier molecular flexibility index (Phi) is 4.30. The van der Waals surface area contributed by atoms with E-state index in [4.69, 9.17) is 10.2 Å². The molecule has 0 radical (unpaired) electrons. The van der Waals surface area contributed by atoms with Crippen LogP contribution >= 0.6 is 0 Å². The van der Waals surface area contributed by atoms with E-state index in [1.807, 2.05) is 0 Å². The van der Waals surface area contributed by atoms with Gasteiger partial charge in [0.1, 0.15) is 5.82 Å². The number of halogens is 1. The zero-order chi connectivity index (χ0) is 13.7. The molecule has 19 heavy (non-hydrogen) atoms. The number of para-hydroxylation sites is 1. The SMILES string of the molecule is NCCCN(C(=O)c1ccco1)c1ccccc1F. The van der Waals surface area contributed by atoms with E-state index in [0.29, 0.717) is 19.5 Å². The fourth-order valence-corrected chi connectivity index (χ4v) is 1.78. The Morgan fingerprint density at radius 3 is 2.68 bits per heavy atom. The smallest absolute Gasteiger partial charge is 0.294 e. The summed E-state index contributed by atoms with van der Waals surface area (Å²) in [7, 11) is 0. The third kappa shape index (κ3) is 3.00. The third-order valence-electron chi connectivity index (χ3n) is 2.71. The van der Waals surface area contributed by atoms with Gasteiger partial charge in [-0.05, 0) is 37.2 Å². The number of benzene rings is 1. The number of amides is 1. The highest BCUT2D eigenvalue weighted by Crippen LogP contribution is 2.21. The zero-order valence-corrected chi connectivity index (χ0v) is 10.4. The summed E-state index contributed by atoms with van der Waals surface area (Å²) in [5.41, 5.74) is 5.69. The molecular weight excluding hydrogens is 247 g/mol. The van der Waals surface area contributed by atoms with Crippen molar-refractivity contribution in [3.63, 3.8) is 0 Å². The monoisotopic (exact) mass is 262 g/mol. The van der Waals surface area contributed by atoms with Gasteiger partial charge in [-0.1, -0.05) is 12.1 Å². The molecule has 1 aromatic heterocycles. The molecule has 0 bridgehead atoms. The van der Waals surface area contributed by atoms with Gasteiger partial charge in [0.2, 0.25) is 0 Å². The summed E-state index contributed by atoms with van der Waals surface area (Å²) < 4.78 is 18.9. The van der Waals surface area contributed by atoms with Crippen LogP contribution in [0.2, 0.25) is 0 Å². The minimum absolute atomic E-state index is 0.181. The largest absolute Gasteiger partial charge is 0.459 e. The molecule has 1 amide bonds. The van der Waals surface area contributed by atoms with Crippen molar-refractivity contribution in [2.24, 2.45) is 5.73 Å². The lowest BCUT2D eigenvalue weighted by Crippen LogP contribution is -2.33. The predicted octanol–water partition coefficient (Wildman–Crippen LogP) is 2.41. The van der Waals surface area contributed by atoms with Crippen molar-refractivity contribution in [1.29, 1.82) is 0 Å². The number of rotatable bonds is 5. The summed E-state index contributed by atoms with van der Waals surface area (Å²) >= 11 is 0. The molecule has 0 unspecified atom stereocenters. The number of anilines is 1. The van der Waals surface area contributed by atoms with Crippen LogP contribution < -0.4 is 10.6 Å². The maximum atomic E-state index is 13.8. The molecule has 2 aromatic rings. The number of hydrogen-bond donors (Lipinski definition) is 1. The standard InChI is InChI=1S/C14H15FN2O2/c15-11-5-1-2-6-12(11)17(9-4-8-16)14(18)13-7-3-10-19-13/h1-3,5-7,10H,4,8-9,16H2. The van der Waals surface area contributed by atoms with Gasteiger partial charge in [-0.25, -0.2) is 4.39 Å². The van der Waals surface area contributed by atoms with Crippen LogP contribution in [0.5, 0.6) is 0 Å². The normalized spacial score (nSPS) is 10.4. The number of nitrogens with zero attached hydrogens (tertiary/aromatic N) is 1. The Hall–Kier alpha value is -2.14. The molecule has 0 atom stereocenters. The second-order valence-electron chi connectivity index (χ2n) is 4.03. The van der Waals surface area contributed by atoms with E-state index in [9.17, 15) is 9.18 Å². The molecule has 4 nitrogen and oxygen atoms in total. The van der Waals surface area contributed by atoms with Crippen molar-refractivity contribution in [3.05, 3.63) is 54.2 Å². The second-order valence-corrected chi connectivity index (χ2v) is 4.03. The molecule has 2 N–H and O–H groups in total. The minimum Gasteiger partial charge on any atom is -0.459 e. The molecule has 0 aliphatic heterocycles. The lowest BCUT2D eigenvalue weighted by Gasteiger charge is -2.22. The summed E-state index contributed by atoms with van der Waals surface area (Å²) in [5, 5.41) is 0. The molecule has 1 aromatic carbocycles. The Morgan fingerprint density at radius 1 is 1.26 bits per heavy atom. The summed E-state index contributed by atoms with van der Waals surface area (Å²) in [4.78, 5) is 13.6. The van der Waals surface area contributed by atoms with Crippen LogP contribution in [0, 0.1) is 5.82 Å². The average Bonchev–Trinajstić information content (AvgIpc) is 2.94. The Bertz CT molecular complexity index is 540. The van der Waals surface area contributed by atoms with E-state index in [-0.39, 0.29) is 17.4 Å². The maximum Gasteiger partial charge on any atom is 0.294 e. The number of hydrogen-bond acceptors (Lipinski definition) is 3. The Labute approximate surface area is 110 Å². The van der Waals surface area contributed by atoms with Crippen LogP contribution in [0.1, 0.15) is 17.0 Å². The highest BCUT2D eigenvalue weighted by molar-refractivity contribution is 6.04. The van der Waals surface area contributed by atoms with Crippen molar-refractivity contribution < 1.29 is 13.6 Å². The third-order valence-corrected chi connectivity index (χ3v) is 2.71. The Morgan fingerprint density at radius 2 is 2.05 bits per heavy atom. The molecule has 0 aliphatic rings. The number of carbonyl (C=O) groups is 1. The van der Waals surface area contributed by atoms with Crippen LogP contribution in [-0.4, -0.2) is 19.0 Å². The summed E-state index contributed by atoms with van der Waals surface area (Å²) in [6.07, 6.45) is 2.00. The first kappa shape index (κ1) is 13.3. The fraction of sp³-hybridized carbons (Fsp3) is 0.214. The molecule has 2 rings (SSSR count). The van der Waals surface area contributed by atoms with Gasteiger partial charge in [0, 0.05) is 6.54 Å². The average molecular weight is 262 g/mol. The fourth-order valence-electron chi connectivity index (χ4n) is 1.78. The van der Waals surface area contributed by atoms with E-state index < -0.39 is 5.82 Å². The quantitative estimate of drug-likeness (QED) is 0.900. The molecule has 5 heteroatoms. The van der Waals surface area contributed by atoms with Crippen LogP contribution in [-0.2, 0) is 0 Å². The van der Waals surface area contributed by atoms with E-state index in [1.165, 1.54) is 17.2 Å². The van der Waals surface area contributed by atoms with E-state index >= 15 is 0 Å². The highest BCUT2D eigenvalue weighted by Gasteiger charge is 2.21. The number of furan rings is 1. The van der Waals surface area contributed by atoms with E-state index in [2.05, 4.69) is 0 Å². The van der Waals surface area contributed by atoms with Crippen LogP contribution in [0.3, 0.4) is 0 Å². The van der Waals surface area contributed by atoms with Crippen molar-refractivity contribution in [1.82, 2.24) is 0 Å². The predicted molar refractivity (Wildman–Crippen MR) is 70.5 cm³/mol. The summed E-state index contributed by atoms with van der Waals surface area (Å²) in [6, 6.07) is 9.32. The van der Waals surface area contributed by atoms with Gasteiger partial charge in [0.05, 0.1) is 12.0 Å². The zero-order valence-electron chi connectivity index (χ0n) is 10.4. The molecule has 1 heterocycles. The summed E-state index contributed by atoms with van der Waals surface area (Å²) in [5.74, 6) is -0.636. The lowest BCUT2D eigenvalue weighted by atomic mass is 10.2. The number of carbonyl (C=O) groups excluding carboxylic acids is 1. The van der Waals surface area contributed by atoms with Gasteiger partial charge < -0.3 is 15.1 Å². The van der Waals surface area contributed by atoms with Gasteiger partial charge in [-0.2, -0.15) is 0 Å². The minimum atomic E-state index is -0.445. The van der Waals surface area contributed by atoms with Gasteiger partial charge in [0.25, 0.3) is 5.91 Å². The van der Waals surface area contributed by atoms with Crippen LogP contribution in [0.4, 0.5) is 10.1 Å². The first-order valence-corrected chi connectivity index (χ1v) is 6.04. The topological polar surface area (TPSA) is 59.5 Å². The molecule has 0 saturated heterocycles. The number of nitrogens with two attached hydrogens (primary N) is 1. The summed E-state index contributed by atoms with van der Waals surface area (Å²) in [6.45, 7) is 0.771. The van der Waals surface area contributed by atoms with Crippen LogP contribution in [0.25, 0.3) is 0 Å². The molecule has 0 spiro atoms. The van der Waals surface area contributed by atoms with E-state index in [1.54, 1.807) is 30.3 Å². The van der Waals surface area contributed by atoms with E-state index in [0.717, 1.165) is 0 Å². The molecular formula is C14H15FN2O2. The van der Waals surface area contributed by atoms with Gasteiger partial charge in [-0.3, -0.25) is 4.79 Å². The Balaban J connectivity index is 2.31. The maximum absolute atomic E-state index is 13.8. The first-order chi connectivity index (χ1) is 9.24. The lowest BCUT2D eigenvalue weighted by molar-refractivity contribution is 0.0959.